The summed E-state index contributed by atoms with van der Waals surface area (Å²) >= 11 is 6.24. The maximum absolute atomic E-state index is 13.5. The number of carbonyl (C=O) groups excluding carboxylic acids is 1. The van der Waals surface area contributed by atoms with Crippen molar-refractivity contribution in [3.8, 4) is 5.75 Å². The lowest BCUT2D eigenvalue weighted by atomic mass is 9.77. The molecule has 3 heterocycles. The van der Waals surface area contributed by atoms with Crippen molar-refractivity contribution in [2.45, 2.75) is 66.0 Å². The Morgan fingerprint density at radius 2 is 1.95 bits per heavy atom. The highest BCUT2D eigenvalue weighted by Gasteiger charge is 2.40. The van der Waals surface area contributed by atoms with Crippen LogP contribution in [0.3, 0.4) is 0 Å². The maximum atomic E-state index is 13.5. The van der Waals surface area contributed by atoms with Crippen molar-refractivity contribution < 1.29 is 9.53 Å². The van der Waals surface area contributed by atoms with Gasteiger partial charge in [-0.2, -0.15) is 5.10 Å². The van der Waals surface area contributed by atoms with Crippen LogP contribution in [0.15, 0.2) is 24.4 Å². The zero-order valence-electron chi connectivity index (χ0n) is 23.1. The molecule has 0 saturated carbocycles. The number of hydrogen-bond acceptors (Lipinski definition) is 5. The Labute approximate surface area is 227 Å². The summed E-state index contributed by atoms with van der Waals surface area (Å²) < 4.78 is 8.47. The summed E-state index contributed by atoms with van der Waals surface area (Å²) in [5.74, 6) is 1.08. The molecule has 2 aliphatic heterocycles. The molecule has 8 heteroatoms. The second-order valence-electron chi connectivity index (χ2n) is 11.2. The summed E-state index contributed by atoms with van der Waals surface area (Å²) in [4.78, 5) is 20.4. The van der Waals surface area contributed by atoms with Crippen LogP contribution in [0.4, 0.5) is 0 Å². The number of rotatable bonds is 10. The largest absolute Gasteiger partial charge is 0.493 e. The highest BCUT2D eigenvalue weighted by atomic mass is 35.5. The smallest absolute Gasteiger partial charge is 0.223 e. The minimum atomic E-state index is -0.224. The second-order valence-corrected chi connectivity index (χ2v) is 11.6. The number of benzene rings is 1. The number of carbonyl (C=O) groups is 1. The highest BCUT2D eigenvalue weighted by molar-refractivity contribution is 6.31. The van der Waals surface area contributed by atoms with Crippen LogP contribution in [0.1, 0.15) is 55.8 Å². The molecule has 1 aromatic carbocycles. The van der Waals surface area contributed by atoms with Gasteiger partial charge in [0.1, 0.15) is 5.75 Å². The molecule has 0 bridgehead atoms. The first-order valence-corrected chi connectivity index (χ1v) is 14.3. The van der Waals surface area contributed by atoms with Gasteiger partial charge < -0.3 is 14.5 Å². The molecule has 4 rings (SSSR count). The van der Waals surface area contributed by atoms with Gasteiger partial charge in [0.05, 0.1) is 12.3 Å². The van der Waals surface area contributed by atoms with E-state index in [1.54, 1.807) is 0 Å². The first kappa shape index (κ1) is 27.9. The van der Waals surface area contributed by atoms with Crippen molar-refractivity contribution in [2.75, 3.05) is 52.9 Å². The fourth-order valence-electron chi connectivity index (χ4n) is 5.58. The van der Waals surface area contributed by atoms with Gasteiger partial charge in [0, 0.05) is 74.4 Å². The molecule has 204 valence electrons. The highest BCUT2D eigenvalue weighted by Crippen LogP contribution is 2.36. The summed E-state index contributed by atoms with van der Waals surface area (Å²) in [7, 11) is 2.12. The molecule has 0 aliphatic carbocycles. The number of piperidine rings is 1. The average Bonchev–Trinajstić information content (AvgIpc) is 3.22. The molecule has 0 N–H and O–H groups in total. The molecular weight excluding hydrogens is 486 g/mol. The van der Waals surface area contributed by atoms with Gasteiger partial charge in [-0.15, -0.1) is 0 Å². The fourth-order valence-corrected chi connectivity index (χ4v) is 5.70. The molecule has 1 amide bonds. The van der Waals surface area contributed by atoms with Gasteiger partial charge in [-0.05, 0) is 70.5 Å². The number of unbranched alkanes of at least 4 members (excludes halogenated alkanes) is 1. The molecule has 0 radical (unpaired) electrons. The lowest BCUT2D eigenvalue weighted by Gasteiger charge is -2.43. The Kier molecular flexibility index (Phi) is 9.54. The molecule has 2 saturated heterocycles. The van der Waals surface area contributed by atoms with Gasteiger partial charge in [-0.3, -0.25) is 14.4 Å². The maximum Gasteiger partial charge on any atom is 0.223 e. The molecule has 1 aromatic heterocycles. The lowest BCUT2D eigenvalue weighted by molar-refractivity contribution is -0.137. The van der Waals surface area contributed by atoms with Crippen molar-refractivity contribution in [3.63, 3.8) is 0 Å². The van der Waals surface area contributed by atoms with E-state index in [1.807, 2.05) is 25.1 Å². The number of halogens is 1. The number of piperazine rings is 1. The van der Waals surface area contributed by atoms with Crippen LogP contribution in [0.5, 0.6) is 5.75 Å². The number of amides is 1. The van der Waals surface area contributed by atoms with Crippen LogP contribution in [-0.4, -0.2) is 83.3 Å². The SMILES string of the molecule is CCCCn1cc(CN2CCC[C@](COc3ccc(Cl)c(C)c3)(CC(=O)N3CCN(C)CC3)C2)c(C)n1. The number of hydrogen-bond donors (Lipinski definition) is 0. The van der Waals surface area contributed by atoms with E-state index in [0.29, 0.717) is 13.0 Å². The summed E-state index contributed by atoms with van der Waals surface area (Å²) in [5, 5.41) is 5.49. The average molecular weight is 530 g/mol. The lowest BCUT2D eigenvalue weighted by Crippen LogP contribution is -2.52. The van der Waals surface area contributed by atoms with Crippen LogP contribution in [0.25, 0.3) is 0 Å². The monoisotopic (exact) mass is 529 g/mol. The van der Waals surface area contributed by atoms with Gasteiger partial charge in [0.25, 0.3) is 0 Å². The zero-order chi connectivity index (χ0) is 26.4. The third-order valence-electron chi connectivity index (χ3n) is 7.98. The second kappa shape index (κ2) is 12.6. The van der Waals surface area contributed by atoms with E-state index in [0.717, 1.165) is 100 Å². The van der Waals surface area contributed by atoms with E-state index in [-0.39, 0.29) is 11.3 Å². The van der Waals surface area contributed by atoms with Crippen LogP contribution < -0.4 is 4.74 Å². The van der Waals surface area contributed by atoms with E-state index in [4.69, 9.17) is 21.4 Å². The molecule has 0 unspecified atom stereocenters. The van der Waals surface area contributed by atoms with Crippen molar-refractivity contribution in [1.82, 2.24) is 24.5 Å². The first-order valence-electron chi connectivity index (χ1n) is 13.9. The summed E-state index contributed by atoms with van der Waals surface area (Å²) in [6.45, 7) is 14.0. The van der Waals surface area contributed by atoms with Gasteiger partial charge in [-0.25, -0.2) is 0 Å². The standard InChI is InChI=1S/C29H44ClN5O2/c1-5-6-12-35-20-25(24(3)31-35)19-33-11-7-10-29(21-33,18-28(36)34-15-13-32(4)14-16-34)22-37-26-8-9-27(30)23(2)17-26/h8-9,17,20H,5-7,10-16,18-19,21-22H2,1-4H3/t29-/m0/s1. The van der Waals surface area contributed by atoms with Gasteiger partial charge >= 0.3 is 0 Å². The number of aryl methyl sites for hydroxylation is 3. The number of ether oxygens (including phenoxy) is 1. The molecular formula is C29H44ClN5O2. The zero-order valence-corrected chi connectivity index (χ0v) is 23.9. The third kappa shape index (κ3) is 7.49. The molecule has 2 aliphatic rings. The fraction of sp³-hybridized carbons (Fsp3) is 0.655. The van der Waals surface area contributed by atoms with E-state index < -0.39 is 0 Å². The van der Waals surface area contributed by atoms with Gasteiger partial charge in [0.2, 0.25) is 5.91 Å². The Bertz CT molecular complexity index is 1050. The first-order chi connectivity index (χ1) is 17.8. The Hall–Kier alpha value is -2.09. The summed E-state index contributed by atoms with van der Waals surface area (Å²) in [6, 6.07) is 5.81. The molecule has 7 nitrogen and oxygen atoms in total. The van der Waals surface area contributed by atoms with Crippen molar-refractivity contribution >= 4 is 17.5 Å². The number of likely N-dealkylation sites (tertiary alicyclic amines) is 1. The Balaban J connectivity index is 1.48. The topological polar surface area (TPSA) is 53.8 Å². The quantitative estimate of drug-likeness (QED) is 0.443. The summed E-state index contributed by atoms with van der Waals surface area (Å²) in [5.41, 5.74) is 3.17. The predicted molar refractivity (Wildman–Crippen MR) is 149 cm³/mol. The molecule has 37 heavy (non-hydrogen) atoms. The summed E-state index contributed by atoms with van der Waals surface area (Å²) in [6.07, 6.45) is 7.09. The Morgan fingerprint density at radius 1 is 1.16 bits per heavy atom. The molecule has 2 fully saturated rings. The third-order valence-corrected chi connectivity index (χ3v) is 8.40. The van der Waals surface area contributed by atoms with Crippen molar-refractivity contribution in [3.05, 3.63) is 46.2 Å². The van der Waals surface area contributed by atoms with E-state index >= 15 is 0 Å². The van der Waals surface area contributed by atoms with Crippen LogP contribution in [0.2, 0.25) is 5.02 Å². The molecule has 0 spiro atoms. The minimum Gasteiger partial charge on any atom is -0.493 e. The number of likely N-dealkylation sites (N-methyl/N-ethyl adjacent to an activating group) is 1. The normalized spacial score (nSPS) is 21.4. The number of nitrogens with zero attached hydrogens (tertiary/aromatic N) is 5. The van der Waals surface area contributed by atoms with Crippen LogP contribution in [-0.2, 0) is 17.9 Å². The van der Waals surface area contributed by atoms with Gasteiger partial charge in [0.15, 0.2) is 0 Å². The Morgan fingerprint density at radius 3 is 2.68 bits per heavy atom. The van der Waals surface area contributed by atoms with Gasteiger partial charge in [-0.1, -0.05) is 24.9 Å². The predicted octanol–water partition coefficient (Wildman–Crippen LogP) is 4.78. The minimum absolute atomic E-state index is 0.224. The van der Waals surface area contributed by atoms with E-state index in [9.17, 15) is 4.79 Å². The van der Waals surface area contributed by atoms with Crippen molar-refractivity contribution in [2.24, 2.45) is 5.41 Å². The van der Waals surface area contributed by atoms with Crippen LogP contribution >= 0.6 is 11.6 Å². The molecule has 2 aromatic rings. The van der Waals surface area contributed by atoms with E-state index in [1.165, 1.54) is 5.56 Å². The van der Waals surface area contributed by atoms with E-state index in [2.05, 4.69) is 46.5 Å². The van der Waals surface area contributed by atoms with Crippen molar-refractivity contribution in [1.29, 1.82) is 0 Å². The number of aromatic nitrogens is 2. The van der Waals surface area contributed by atoms with Crippen LogP contribution in [0, 0.1) is 19.3 Å². The molecule has 1 atom stereocenters.